The van der Waals surface area contributed by atoms with Crippen LogP contribution in [0, 0.1) is 11.3 Å². The fourth-order valence-electron chi connectivity index (χ4n) is 1.81. The highest BCUT2D eigenvalue weighted by atomic mass is 16.3. The molecule has 0 rings (SSSR count). The molecule has 0 bridgehead atoms. The molecule has 1 unspecified atom stereocenters. The Labute approximate surface area is 77.2 Å². The lowest BCUT2D eigenvalue weighted by molar-refractivity contribution is 0.150. The van der Waals surface area contributed by atoms with E-state index in [1.807, 2.05) is 6.92 Å². The van der Waals surface area contributed by atoms with Crippen LogP contribution in [0.2, 0.25) is 0 Å². The van der Waals surface area contributed by atoms with Crippen molar-refractivity contribution in [2.75, 3.05) is 0 Å². The van der Waals surface area contributed by atoms with Gasteiger partial charge in [-0.05, 0) is 37.5 Å². The van der Waals surface area contributed by atoms with Gasteiger partial charge < -0.3 is 5.11 Å². The Bertz CT molecular complexity index is 114. The van der Waals surface area contributed by atoms with Crippen LogP contribution in [0.25, 0.3) is 0 Å². The maximum absolute atomic E-state index is 9.15. The quantitative estimate of drug-likeness (QED) is 0.675. The van der Waals surface area contributed by atoms with Crippen molar-refractivity contribution in [1.29, 1.82) is 0 Å². The number of hydrogen-bond donors (Lipinski definition) is 1. The Morgan fingerprint density at radius 3 is 2.00 bits per heavy atom. The van der Waals surface area contributed by atoms with Crippen molar-refractivity contribution in [3.05, 3.63) is 0 Å². The lowest BCUT2D eigenvalue weighted by Gasteiger charge is -2.27. The van der Waals surface area contributed by atoms with E-state index in [4.69, 9.17) is 5.11 Å². The van der Waals surface area contributed by atoms with Crippen LogP contribution in [0.4, 0.5) is 0 Å². The van der Waals surface area contributed by atoms with E-state index in [0.717, 1.165) is 18.8 Å². The third-order valence-corrected chi connectivity index (χ3v) is 2.20. The topological polar surface area (TPSA) is 20.2 Å². The van der Waals surface area contributed by atoms with E-state index < -0.39 is 0 Å². The molecule has 0 fully saturated rings. The third kappa shape index (κ3) is 6.66. The van der Waals surface area contributed by atoms with Gasteiger partial charge in [0.1, 0.15) is 0 Å². The Morgan fingerprint density at radius 1 is 1.17 bits per heavy atom. The molecule has 0 aliphatic heterocycles. The summed E-state index contributed by atoms with van der Waals surface area (Å²) < 4.78 is 0. The molecule has 1 atom stereocenters. The first-order valence-corrected chi connectivity index (χ1v) is 5.01. The number of hydrogen-bond acceptors (Lipinski definition) is 1. The highest BCUT2D eigenvalue weighted by Gasteiger charge is 2.19. The van der Waals surface area contributed by atoms with E-state index in [1.165, 1.54) is 6.42 Å². The smallest absolute Gasteiger partial charge is 0.0512 e. The molecule has 0 aromatic heterocycles. The van der Waals surface area contributed by atoms with Crippen molar-refractivity contribution in [3.8, 4) is 0 Å². The maximum atomic E-state index is 9.15. The SMILES string of the molecule is CC(C)CC(C)(C)CCC(C)O. The molecule has 0 saturated carbocycles. The number of rotatable bonds is 5. The average Bonchev–Trinajstić information content (AvgIpc) is 1.81. The first kappa shape index (κ1) is 12.0. The molecule has 74 valence electrons. The van der Waals surface area contributed by atoms with Crippen LogP contribution >= 0.6 is 0 Å². The molecule has 0 saturated heterocycles. The van der Waals surface area contributed by atoms with Gasteiger partial charge in [-0.1, -0.05) is 27.7 Å². The van der Waals surface area contributed by atoms with E-state index in [1.54, 1.807) is 0 Å². The second-order valence-electron chi connectivity index (χ2n) is 5.15. The third-order valence-electron chi connectivity index (χ3n) is 2.20. The summed E-state index contributed by atoms with van der Waals surface area (Å²) in [6.45, 7) is 10.9. The van der Waals surface area contributed by atoms with Crippen molar-refractivity contribution in [1.82, 2.24) is 0 Å². The van der Waals surface area contributed by atoms with Crippen LogP contribution in [0.15, 0.2) is 0 Å². The van der Waals surface area contributed by atoms with Crippen molar-refractivity contribution in [2.24, 2.45) is 11.3 Å². The van der Waals surface area contributed by atoms with Gasteiger partial charge in [-0.15, -0.1) is 0 Å². The Balaban J connectivity index is 3.71. The second-order valence-corrected chi connectivity index (χ2v) is 5.15. The molecule has 0 amide bonds. The highest BCUT2D eigenvalue weighted by Crippen LogP contribution is 2.30. The second kappa shape index (κ2) is 4.86. The largest absolute Gasteiger partial charge is 0.393 e. The maximum Gasteiger partial charge on any atom is 0.0512 e. The van der Waals surface area contributed by atoms with Crippen molar-refractivity contribution < 1.29 is 5.11 Å². The van der Waals surface area contributed by atoms with E-state index in [-0.39, 0.29) is 6.10 Å². The van der Waals surface area contributed by atoms with E-state index in [2.05, 4.69) is 27.7 Å². The normalized spacial score (nSPS) is 15.2. The Morgan fingerprint density at radius 2 is 1.67 bits per heavy atom. The van der Waals surface area contributed by atoms with Crippen LogP contribution < -0.4 is 0 Å². The molecule has 1 heteroatoms. The summed E-state index contributed by atoms with van der Waals surface area (Å²) in [6.07, 6.45) is 3.17. The Hall–Kier alpha value is -0.0400. The zero-order chi connectivity index (χ0) is 9.78. The monoisotopic (exact) mass is 172 g/mol. The summed E-state index contributed by atoms with van der Waals surface area (Å²) >= 11 is 0. The van der Waals surface area contributed by atoms with Crippen LogP contribution in [0.5, 0.6) is 0 Å². The van der Waals surface area contributed by atoms with Gasteiger partial charge in [0.05, 0.1) is 6.10 Å². The molecule has 0 heterocycles. The fourth-order valence-corrected chi connectivity index (χ4v) is 1.81. The van der Waals surface area contributed by atoms with Gasteiger partial charge in [0.25, 0.3) is 0 Å². The van der Waals surface area contributed by atoms with Gasteiger partial charge in [0.15, 0.2) is 0 Å². The van der Waals surface area contributed by atoms with Gasteiger partial charge in [-0.2, -0.15) is 0 Å². The van der Waals surface area contributed by atoms with Crippen LogP contribution in [-0.2, 0) is 0 Å². The first-order valence-electron chi connectivity index (χ1n) is 5.01. The molecular weight excluding hydrogens is 148 g/mol. The summed E-state index contributed by atoms with van der Waals surface area (Å²) in [5, 5.41) is 9.15. The van der Waals surface area contributed by atoms with Crippen LogP contribution in [-0.4, -0.2) is 11.2 Å². The zero-order valence-corrected chi connectivity index (χ0v) is 9.22. The van der Waals surface area contributed by atoms with Crippen LogP contribution in [0.1, 0.15) is 53.9 Å². The molecule has 1 nitrogen and oxygen atoms in total. The lowest BCUT2D eigenvalue weighted by atomic mass is 9.80. The van der Waals surface area contributed by atoms with Crippen LogP contribution in [0.3, 0.4) is 0 Å². The summed E-state index contributed by atoms with van der Waals surface area (Å²) in [4.78, 5) is 0. The molecule has 1 N–H and O–H groups in total. The van der Waals surface area contributed by atoms with E-state index in [9.17, 15) is 0 Å². The summed E-state index contributed by atoms with van der Waals surface area (Å²) in [5.41, 5.74) is 0.394. The molecular formula is C11H24O. The predicted octanol–water partition coefficient (Wildman–Crippen LogP) is 3.22. The molecule has 0 aliphatic carbocycles. The fraction of sp³-hybridized carbons (Fsp3) is 1.00. The van der Waals surface area contributed by atoms with Gasteiger partial charge in [0, 0.05) is 0 Å². The molecule has 0 radical (unpaired) electrons. The minimum atomic E-state index is -0.142. The highest BCUT2D eigenvalue weighted by molar-refractivity contribution is 4.71. The first-order chi connectivity index (χ1) is 5.33. The van der Waals surface area contributed by atoms with Gasteiger partial charge in [0.2, 0.25) is 0 Å². The van der Waals surface area contributed by atoms with Gasteiger partial charge in [-0.3, -0.25) is 0 Å². The van der Waals surface area contributed by atoms with Crippen molar-refractivity contribution >= 4 is 0 Å². The van der Waals surface area contributed by atoms with Crippen molar-refractivity contribution in [2.45, 2.75) is 60.0 Å². The molecule has 12 heavy (non-hydrogen) atoms. The molecule has 0 spiro atoms. The van der Waals surface area contributed by atoms with E-state index >= 15 is 0 Å². The van der Waals surface area contributed by atoms with E-state index in [0.29, 0.717) is 5.41 Å². The minimum Gasteiger partial charge on any atom is -0.393 e. The van der Waals surface area contributed by atoms with Gasteiger partial charge >= 0.3 is 0 Å². The minimum absolute atomic E-state index is 0.142. The Kier molecular flexibility index (Phi) is 4.84. The number of aliphatic hydroxyl groups is 1. The molecule has 0 aromatic rings. The lowest BCUT2D eigenvalue weighted by Crippen LogP contribution is -2.16. The summed E-state index contributed by atoms with van der Waals surface area (Å²) in [7, 11) is 0. The zero-order valence-electron chi connectivity index (χ0n) is 9.22. The van der Waals surface area contributed by atoms with Gasteiger partial charge in [-0.25, -0.2) is 0 Å². The number of aliphatic hydroxyl groups excluding tert-OH is 1. The summed E-state index contributed by atoms with van der Waals surface area (Å²) in [6, 6.07) is 0. The van der Waals surface area contributed by atoms with Crippen molar-refractivity contribution in [3.63, 3.8) is 0 Å². The molecule has 0 aliphatic rings. The average molecular weight is 172 g/mol. The standard InChI is InChI=1S/C11H24O/c1-9(2)8-11(4,5)7-6-10(3)12/h9-10,12H,6-8H2,1-5H3. The molecule has 0 aromatic carbocycles. The predicted molar refractivity (Wildman–Crippen MR) is 54.2 cm³/mol. The summed E-state index contributed by atoms with van der Waals surface area (Å²) in [5.74, 6) is 0.758.